The first-order valence-corrected chi connectivity index (χ1v) is 45.2. The highest BCUT2D eigenvalue weighted by Crippen LogP contribution is 2.37. The van der Waals surface area contributed by atoms with E-state index in [9.17, 15) is 40.4 Å². The number of carbonyl (C=O) groups excluding carboxylic acids is 4. The Hall–Kier alpha value is -13.6. The summed E-state index contributed by atoms with van der Waals surface area (Å²) in [5, 5.41) is 34.1. The van der Waals surface area contributed by atoms with Crippen molar-refractivity contribution in [1.29, 1.82) is 0 Å². The molecule has 4 aromatic carbocycles. The summed E-state index contributed by atoms with van der Waals surface area (Å²) in [6.07, 6.45) is 36.7. The van der Waals surface area contributed by atoms with E-state index in [0.717, 1.165) is 119 Å². The van der Waals surface area contributed by atoms with E-state index in [4.69, 9.17) is 9.47 Å². The molecule has 11 aromatic heterocycles. The van der Waals surface area contributed by atoms with E-state index in [1.54, 1.807) is 117 Å². The fourth-order valence-corrected chi connectivity index (χ4v) is 17.5. The number of amides is 4. The van der Waals surface area contributed by atoms with Gasteiger partial charge in [0.1, 0.15) is 39.1 Å². The van der Waals surface area contributed by atoms with Crippen LogP contribution >= 0.6 is 0 Å². The number of aromatic nitrogens is 16. The number of imidazole rings is 3. The molecule has 4 saturated carbocycles. The van der Waals surface area contributed by atoms with Crippen LogP contribution in [0, 0.1) is 33.5 Å². The Balaban J connectivity index is 0.000000121. The van der Waals surface area contributed by atoms with Crippen molar-refractivity contribution < 1.29 is 49.9 Å². The predicted octanol–water partition coefficient (Wildman–Crippen LogP) is 13.5. The van der Waals surface area contributed by atoms with E-state index in [-0.39, 0.29) is 50.9 Å². The number of benzene rings is 4. The molecule has 654 valence electrons. The maximum atomic E-state index is 14.6. The van der Waals surface area contributed by atoms with Gasteiger partial charge in [0, 0.05) is 133 Å². The molecule has 4 amide bonds. The number of rotatable bonds is 21. The molecule has 0 unspecified atom stereocenters. The van der Waals surface area contributed by atoms with Crippen LogP contribution in [0.15, 0.2) is 206 Å². The number of ether oxygens (including phenoxy) is 2. The minimum Gasteiger partial charge on any atom is -0.495 e. The van der Waals surface area contributed by atoms with Gasteiger partial charge in [-0.25, -0.2) is 54.9 Å². The van der Waals surface area contributed by atoms with Crippen LogP contribution < -0.4 is 26.0 Å². The number of carbonyl (C=O) groups is 4. The van der Waals surface area contributed by atoms with Gasteiger partial charge < -0.3 is 30.7 Å². The number of hydrogen-bond acceptors (Lipinski definition) is 18. The van der Waals surface area contributed by atoms with Gasteiger partial charge in [0.25, 0.3) is 23.6 Å². The van der Waals surface area contributed by atoms with Crippen LogP contribution in [0.5, 0.6) is 5.75 Å². The maximum absolute atomic E-state index is 14.6. The Labute approximate surface area is 733 Å². The standard InChI is InChI=1S/C26H29N5O4S.C25H25FN6O4S.C24H25N5O.C18H19N5O/c1-16-6-7-17(25(32)29-19-8-9-19)10-20(16)18-12-28-31(14-18)24-13-27-23-11-21(35-5)22(15-30(23)24)36(33,34)26(2,3)4;1-16-10-22(26)21(25(33)29-18-2-3-18)11-20(16)17-12-28-32(14-17)24-13-27-23-5-4-19(15-31(23)24)37(34,35)30-6-8-36-9-7-30;1-15(2)18-6-9-22-25-12-23(28(22)13-18)29-14-19(11-26-29)21-10-17(5-4-16(21)3)24(30)27-20-7-8-20;1-12-3-4-13(18(24)21-15-5-6-15)7-17(12)14-8-20-23(10-14)16-9-19-22(2)11-16/h6-7,10-15,19H,8-9H2,1-5H3,(H,29,32);4-5,10-15,18H,2-3,6-9H2,1H3,(H,29,33);4-6,9-15,20H,7-8H2,1-3H3,(H,27,30);3-4,7-11,15H,5-6H2,1-2H3,(H,21,24). The first-order valence-electron chi connectivity index (χ1n) is 42.3. The molecule has 12 heterocycles. The molecule has 5 aliphatic rings. The smallest absolute Gasteiger partial charge is 0.254 e. The molecule has 127 heavy (non-hydrogen) atoms. The van der Waals surface area contributed by atoms with Gasteiger partial charge >= 0.3 is 0 Å². The average molecular weight is 1750 g/mol. The predicted molar refractivity (Wildman–Crippen MR) is 477 cm³/mol. The zero-order valence-electron chi connectivity index (χ0n) is 72.2. The highest BCUT2D eigenvalue weighted by atomic mass is 32.2. The minimum atomic E-state index is -3.69. The molecule has 1 saturated heterocycles. The number of morpholine rings is 1. The van der Waals surface area contributed by atoms with Crippen LogP contribution in [-0.2, 0) is 31.6 Å². The number of halogens is 1. The lowest BCUT2D eigenvalue weighted by atomic mass is 9.99. The van der Waals surface area contributed by atoms with E-state index < -0.39 is 36.3 Å². The number of aryl methyl sites for hydroxylation is 5. The van der Waals surface area contributed by atoms with Gasteiger partial charge in [0.05, 0.1) is 91.3 Å². The fraction of sp³-hybridized carbons (Fsp3) is 0.312. The quantitative estimate of drug-likeness (QED) is 0.0519. The molecule has 0 spiro atoms. The molecule has 1 aliphatic heterocycles. The molecule has 34 heteroatoms. The molecule has 5 fully saturated rings. The van der Waals surface area contributed by atoms with Gasteiger partial charge in [0.15, 0.2) is 27.3 Å². The number of nitrogens with zero attached hydrogens (tertiary/aromatic N) is 17. The van der Waals surface area contributed by atoms with Crippen molar-refractivity contribution in [2.24, 2.45) is 7.05 Å². The zero-order valence-corrected chi connectivity index (χ0v) is 73.9. The van der Waals surface area contributed by atoms with Gasteiger partial charge in [-0.3, -0.25) is 37.1 Å². The Morgan fingerprint density at radius 2 is 0.882 bits per heavy atom. The lowest BCUT2D eigenvalue weighted by Gasteiger charge is -2.26. The van der Waals surface area contributed by atoms with Crippen LogP contribution in [0.2, 0.25) is 0 Å². The number of sulfone groups is 1. The van der Waals surface area contributed by atoms with E-state index in [1.165, 1.54) is 35.4 Å². The van der Waals surface area contributed by atoms with Gasteiger partial charge in [-0.2, -0.15) is 29.8 Å². The third-order valence-electron chi connectivity index (χ3n) is 23.1. The van der Waals surface area contributed by atoms with Crippen molar-refractivity contribution in [2.45, 2.75) is 158 Å². The lowest BCUT2D eigenvalue weighted by Crippen LogP contribution is -2.40. The number of methoxy groups -OCH3 is 1. The van der Waals surface area contributed by atoms with Crippen molar-refractivity contribution >= 4 is 60.4 Å². The van der Waals surface area contributed by atoms with Crippen LogP contribution in [0.1, 0.15) is 161 Å². The number of fused-ring (bicyclic) bond motifs is 3. The van der Waals surface area contributed by atoms with Crippen LogP contribution in [0.25, 0.3) is 84.6 Å². The van der Waals surface area contributed by atoms with Gasteiger partial charge in [-0.15, -0.1) is 0 Å². The van der Waals surface area contributed by atoms with E-state index in [2.05, 4.69) is 99.1 Å². The summed E-state index contributed by atoms with van der Waals surface area (Å²) in [7, 11) is -4.06. The Morgan fingerprint density at radius 3 is 1.31 bits per heavy atom. The van der Waals surface area contributed by atoms with Crippen molar-refractivity contribution in [1.82, 2.24) is 103 Å². The molecular weight excluding hydrogens is 1650 g/mol. The monoisotopic (exact) mass is 1750 g/mol. The minimum absolute atomic E-state index is 0.00148. The third-order valence-corrected chi connectivity index (χ3v) is 27.4. The highest BCUT2D eigenvalue weighted by molar-refractivity contribution is 7.92. The molecule has 15 aromatic rings. The summed E-state index contributed by atoms with van der Waals surface area (Å²) in [4.78, 5) is 63.4. The number of nitrogens with one attached hydrogen (secondary N) is 4. The SMILES string of the molecule is COc1cc2ncc(-n3cc(-c4cc(C(=O)NC5CC5)ccc4C)cn3)n2cc1S(=O)(=O)C(C)(C)C.Cc1cc(F)c(C(=O)NC2CC2)cc1-c1cnn(-c2cnc3ccc(S(=O)(=O)N4CCOCC4)cn23)c1.Cc1ccc(C(=O)NC2CC2)cc1-c1cnn(-c2cnc3ccc(C(C)C)cn23)c1.Cc1ccc(C(=O)NC2CC2)cc1-c1cnn(-c2cnn(C)c2)c1. The Morgan fingerprint density at radius 1 is 0.465 bits per heavy atom. The molecule has 4 N–H and O–H groups in total. The molecule has 0 bridgehead atoms. The molecule has 31 nitrogen and oxygen atoms in total. The Kier molecular flexibility index (Phi) is 23.4. The van der Waals surface area contributed by atoms with Crippen molar-refractivity contribution in [3.8, 4) is 73.4 Å². The third kappa shape index (κ3) is 18.5. The molecule has 4 aliphatic carbocycles. The second kappa shape index (κ2) is 34.8. The summed E-state index contributed by atoms with van der Waals surface area (Å²) < 4.78 is 92.5. The van der Waals surface area contributed by atoms with Crippen molar-refractivity contribution in [2.75, 3.05) is 33.4 Å². The second-order valence-corrected chi connectivity index (χ2v) is 38.8. The topological polar surface area (TPSA) is 347 Å². The largest absolute Gasteiger partial charge is 0.495 e. The lowest BCUT2D eigenvalue weighted by molar-refractivity contribution is 0.0730. The van der Waals surface area contributed by atoms with E-state index in [0.29, 0.717) is 101 Å². The van der Waals surface area contributed by atoms with Crippen molar-refractivity contribution in [3.63, 3.8) is 0 Å². The fourth-order valence-electron chi connectivity index (χ4n) is 14.8. The summed E-state index contributed by atoms with van der Waals surface area (Å²) in [6, 6.07) is 30.2. The van der Waals surface area contributed by atoms with Crippen LogP contribution in [0.3, 0.4) is 0 Å². The van der Waals surface area contributed by atoms with Crippen molar-refractivity contribution in [3.05, 3.63) is 252 Å². The normalized spacial score (nSPS) is 14.8. The number of pyridine rings is 3. The summed E-state index contributed by atoms with van der Waals surface area (Å²) in [6.45, 7) is 18.5. The number of hydrogen-bond donors (Lipinski definition) is 4. The zero-order chi connectivity index (χ0) is 89.1. The highest BCUT2D eigenvalue weighted by Gasteiger charge is 2.36. The van der Waals surface area contributed by atoms with Gasteiger partial charge in [-0.1, -0.05) is 38.1 Å². The molecule has 20 rings (SSSR count). The molecular formula is C93H98FN21O10S2. The van der Waals surface area contributed by atoms with Crippen LogP contribution in [-0.4, -0.2) is 184 Å². The molecule has 0 radical (unpaired) electrons. The first-order chi connectivity index (χ1) is 60.9. The maximum Gasteiger partial charge on any atom is 0.254 e. The summed E-state index contributed by atoms with van der Waals surface area (Å²) >= 11 is 0. The van der Waals surface area contributed by atoms with Crippen LogP contribution in [0.4, 0.5) is 4.39 Å². The summed E-state index contributed by atoms with van der Waals surface area (Å²) in [5.41, 5.74) is 17.1. The molecule has 0 atom stereocenters. The summed E-state index contributed by atoms with van der Waals surface area (Å²) in [5.74, 6) is 1.60. The second-order valence-electron chi connectivity index (χ2n) is 34.1. The number of sulfonamides is 1. The van der Waals surface area contributed by atoms with E-state index in [1.807, 2.05) is 130 Å². The van der Waals surface area contributed by atoms with Gasteiger partial charge in [0.2, 0.25) is 10.0 Å². The van der Waals surface area contributed by atoms with E-state index >= 15 is 0 Å². The average Bonchev–Trinajstić information content (AvgIpc) is 1.67. The first kappa shape index (κ1) is 85.6. The van der Waals surface area contributed by atoms with Gasteiger partial charge in [-0.05, 0) is 223 Å². The Bertz CT molecular complexity index is 7000.